The first-order valence-electron chi connectivity index (χ1n) is 8.31. The zero-order chi connectivity index (χ0) is 19.0. The van der Waals surface area contributed by atoms with E-state index in [1.165, 1.54) is 12.1 Å². The number of aryl methyl sites for hydroxylation is 1. The fourth-order valence-electron chi connectivity index (χ4n) is 2.26. The van der Waals surface area contributed by atoms with Gasteiger partial charge in [-0.1, -0.05) is 17.9 Å². The fraction of sp³-hybridized carbons (Fsp3) is 0.400. The van der Waals surface area contributed by atoms with Crippen molar-refractivity contribution in [3.05, 3.63) is 51.2 Å². The number of thiophene rings is 1. The van der Waals surface area contributed by atoms with Gasteiger partial charge in [-0.25, -0.2) is 8.78 Å². The molecule has 0 spiro atoms. The summed E-state index contributed by atoms with van der Waals surface area (Å²) < 4.78 is 31.0. The highest BCUT2D eigenvalue weighted by molar-refractivity contribution is 7.12. The lowest BCUT2D eigenvalue weighted by atomic mass is 9.98. The summed E-state index contributed by atoms with van der Waals surface area (Å²) in [5.41, 5.74) is 6.00. The first kappa shape index (κ1) is 20.4. The van der Waals surface area contributed by atoms with Crippen LogP contribution in [0.15, 0.2) is 30.3 Å². The Bertz CT molecular complexity index is 778. The number of halogens is 2. The molecule has 1 aromatic heterocycles. The Labute approximate surface area is 156 Å². The van der Waals surface area contributed by atoms with Crippen molar-refractivity contribution in [2.45, 2.75) is 38.7 Å². The van der Waals surface area contributed by atoms with Gasteiger partial charge in [-0.05, 0) is 55.2 Å². The Kier molecular flexibility index (Phi) is 7.58. The lowest BCUT2D eigenvalue weighted by Crippen LogP contribution is -2.40. The highest BCUT2D eigenvalue weighted by Gasteiger charge is 2.16. The molecule has 3 nitrogen and oxygen atoms in total. The Balaban J connectivity index is 1.87. The van der Waals surface area contributed by atoms with Crippen LogP contribution in [0.1, 0.15) is 34.2 Å². The zero-order valence-electron chi connectivity index (χ0n) is 14.7. The molecule has 26 heavy (non-hydrogen) atoms. The highest BCUT2D eigenvalue weighted by Crippen LogP contribution is 2.21. The number of aliphatic hydroxyl groups excluding tert-OH is 1. The summed E-state index contributed by atoms with van der Waals surface area (Å²) in [5.74, 6) is 6.42. The molecule has 1 unspecified atom stereocenters. The maximum atomic E-state index is 12.9. The van der Waals surface area contributed by atoms with Crippen molar-refractivity contribution in [1.82, 2.24) is 0 Å². The first-order valence-corrected chi connectivity index (χ1v) is 9.13. The van der Waals surface area contributed by atoms with Crippen LogP contribution in [0.3, 0.4) is 0 Å². The van der Waals surface area contributed by atoms with E-state index in [1.54, 1.807) is 17.4 Å². The van der Waals surface area contributed by atoms with Gasteiger partial charge in [-0.3, -0.25) is 0 Å². The van der Waals surface area contributed by atoms with E-state index < -0.39 is 18.9 Å². The Morgan fingerprint density at radius 1 is 1.19 bits per heavy atom. The van der Waals surface area contributed by atoms with Gasteiger partial charge in [0.1, 0.15) is 25.7 Å². The Morgan fingerprint density at radius 3 is 2.65 bits per heavy atom. The minimum absolute atomic E-state index is 0.0429. The maximum Gasteiger partial charge on any atom is 0.149 e. The molecule has 0 amide bonds. The van der Waals surface area contributed by atoms with Gasteiger partial charge in [0.2, 0.25) is 0 Å². The molecule has 1 heterocycles. The third-order valence-corrected chi connectivity index (χ3v) is 5.01. The van der Waals surface area contributed by atoms with E-state index in [0.717, 1.165) is 16.2 Å². The molecule has 0 aliphatic heterocycles. The van der Waals surface area contributed by atoms with Crippen molar-refractivity contribution >= 4 is 11.3 Å². The SMILES string of the molecule is CC(N)(CO)CCc1ccc(C#CCOc2ccc(CF)c(CF)c2)s1. The molecule has 0 saturated heterocycles. The molecule has 0 bridgehead atoms. The molecule has 2 rings (SSSR count). The molecule has 140 valence electrons. The smallest absolute Gasteiger partial charge is 0.149 e. The van der Waals surface area contributed by atoms with Crippen LogP contribution in [0.25, 0.3) is 0 Å². The molecule has 0 fully saturated rings. The van der Waals surface area contributed by atoms with Crippen molar-refractivity contribution in [1.29, 1.82) is 0 Å². The third kappa shape index (κ3) is 6.10. The molecule has 0 radical (unpaired) electrons. The number of ether oxygens (including phenoxy) is 1. The van der Waals surface area contributed by atoms with Gasteiger partial charge < -0.3 is 15.6 Å². The average Bonchev–Trinajstić information content (AvgIpc) is 3.11. The Hall–Kier alpha value is -1.94. The van der Waals surface area contributed by atoms with Crippen molar-refractivity contribution in [3.8, 4) is 17.6 Å². The minimum Gasteiger partial charge on any atom is -0.481 e. The number of benzene rings is 1. The number of alkyl halides is 2. The summed E-state index contributed by atoms with van der Waals surface area (Å²) in [6, 6.07) is 8.60. The van der Waals surface area contributed by atoms with Gasteiger partial charge >= 0.3 is 0 Å². The highest BCUT2D eigenvalue weighted by atomic mass is 32.1. The van der Waals surface area contributed by atoms with Crippen LogP contribution in [0.2, 0.25) is 0 Å². The minimum atomic E-state index is -0.724. The standard InChI is InChI=1S/C20H23F2NO2S/c1-20(23,14-24)9-8-19-7-6-18(26-19)3-2-10-25-17-5-4-15(12-21)16(11-17)13-22/h4-7,11,24H,8-10,12-14,23H2,1H3. The van der Waals surface area contributed by atoms with Crippen molar-refractivity contribution in [2.24, 2.45) is 5.73 Å². The van der Waals surface area contributed by atoms with Crippen LogP contribution in [0, 0.1) is 11.8 Å². The van der Waals surface area contributed by atoms with Gasteiger partial charge in [0.25, 0.3) is 0 Å². The van der Waals surface area contributed by atoms with Gasteiger partial charge in [0.05, 0.1) is 11.5 Å². The van der Waals surface area contributed by atoms with Crippen molar-refractivity contribution in [3.63, 3.8) is 0 Å². The number of rotatable bonds is 8. The lowest BCUT2D eigenvalue weighted by Gasteiger charge is -2.20. The predicted octanol–water partition coefficient (Wildman–Crippen LogP) is 3.76. The van der Waals surface area contributed by atoms with E-state index in [1.807, 2.05) is 19.1 Å². The quantitative estimate of drug-likeness (QED) is 0.687. The normalized spacial score (nSPS) is 13.0. The number of hydrogen-bond acceptors (Lipinski definition) is 4. The van der Waals surface area contributed by atoms with E-state index in [4.69, 9.17) is 10.5 Å². The van der Waals surface area contributed by atoms with Crippen LogP contribution >= 0.6 is 11.3 Å². The maximum absolute atomic E-state index is 12.9. The molecule has 0 aliphatic rings. The van der Waals surface area contributed by atoms with Crippen LogP contribution < -0.4 is 10.5 Å². The molecule has 3 N–H and O–H groups in total. The zero-order valence-corrected chi connectivity index (χ0v) is 15.5. The molecule has 2 aromatic rings. The number of aliphatic hydroxyl groups is 1. The molecule has 6 heteroatoms. The Morgan fingerprint density at radius 2 is 1.96 bits per heavy atom. The second-order valence-electron chi connectivity index (χ2n) is 6.37. The van der Waals surface area contributed by atoms with E-state index in [-0.39, 0.29) is 13.2 Å². The molecular formula is C20H23F2NO2S. The van der Waals surface area contributed by atoms with Crippen molar-refractivity contribution < 1.29 is 18.6 Å². The monoisotopic (exact) mass is 379 g/mol. The van der Waals surface area contributed by atoms with E-state index in [9.17, 15) is 13.9 Å². The van der Waals surface area contributed by atoms with Crippen molar-refractivity contribution in [2.75, 3.05) is 13.2 Å². The van der Waals surface area contributed by atoms with Gasteiger partial charge in [0.15, 0.2) is 0 Å². The second kappa shape index (κ2) is 9.67. The topological polar surface area (TPSA) is 55.5 Å². The second-order valence-corrected chi connectivity index (χ2v) is 7.53. The van der Waals surface area contributed by atoms with E-state index >= 15 is 0 Å². The largest absolute Gasteiger partial charge is 0.481 e. The molecule has 0 saturated carbocycles. The van der Waals surface area contributed by atoms with Gasteiger partial charge in [-0.15, -0.1) is 11.3 Å². The van der Waals surface area contributed by atoms with E-state index in [0.29, 0.717) is 23.3 Å². The van der Waals surface area contributed by atoms with Crippen LogP contribution in [0.5, 0.6) is 5.75 Å². The predicted molar refractivity (Wildman–Crippen MR) is 101 cm³/mol. The lowest BCUT2D eigenvalue weighted by molar-refractivity contribution is 0.201. The van der Waals surface area contributed by atoms with Gasteiger partial charge in [-0.2, -0.15) is 0 Å². The molecule has 1 atom stereocenters. The summed E-state index contributed by atoms with van der Waals surface area (Å²) in [6.45, 7) is 0.533. The summed E-state index contributed by atoms with van der Waals surface area (Å²) in [6.07, 6.45) is 1.50. The molecular weight excluding hydrogens is 356 g/mol. The third-order valence-electron chi connectivity index (χ3n) is 3.95. The summed E-state index contributed by atoms with van der Waals surface area (Å²) in [7, 11) is 0. The number of nitrogens with two attached hydrogens (primary N) is 1. The van der Waals surface area contributed by atoms with Crippen LogP contribution in [0.4, 0.5) is 8.78 Å². The fourth-order valence-corrected chi connectivity index (χ4v) is 3.14. The summed E-state index contributed by atoms with van der Waals surface area (Å²) >= 11 is 1.58. The molecule has 1 aromatic carbocycles. The summed E-state index contributed by atoms with van der Waals surface area (Å²) in [4.78, 5) is 2.08. The van der Waals surface area contributed by atoms with Gasteiger partial charge in [0, 0.05) is 10.4 Å². The molecule has 0 aliphatic carbocycles. The van der Waals surface area contributed by atoms with Crippen LogP contribution in [-0.4, -0.2) is 23.9 Å². The average molecular weight is 379 g/mol. The van der Waals surface area contributed by atoms with E-state index in [2.05, 4.69) is 11.8 Å². The number of hydrogen-bond donors (Lipinski definition) is 2. The van der Waals surface area contributed by atoms with Crippen LogP contribution in [-0.2, 0) is 19.8 Å². The summed E-state index contributed by atoms with van der Waals surface area (Å²) in [5, 5.41) is 9.18. The first-order chi connectivity index (χ1) is 12.5.